The third kappa shape index (κ3) is 4.22. The van der Waals surface area contributed by atoms with Gasteiger partial charge in [-0.1, -0.05) is 15.9 Å². The number of ether oxygens (including phenoxy) is 1. The van der Waals surface area contributed by atoms with E-state index in [-0.39, 0.29) is 0 Å². The summed E-state index contributed by atoms with van der Waals surface area (Å²) in [5.74, 6) is 0.859. The summed E-state index contributed by atoms with van der Waals surface area (Å²) >= 11 is 3.41. The lowest BCUT2D eigenvalue weighted by Crippen LogP contribution is -2.10. The zero-order chi connectivity index (χ0) is 10.5. The third-order valence-electron chi connectivity index (χ3n) is 2.47. The third-order valence-corrected chi connectivity index (χ3v) is 3.00. The minimum Gasteiger partial charge on any atom is -0.383 e. The molecule has 1 aromatic rings. The number of hydrogen-bond acceptors (Lipinski definition) is 2. The van der Waals surface area contributed by atoms with Gasteiger partial charge in [0.2, 0.25) is 0 Å². The lowest BCUT2D eigenvalue weighted by atomic mass is 10.3. The Hall–Kier alpha value is -0.540. The smallest absolute Gasteiger partial charge is 0.0639 e. The van der Waals surface area contributed by atoms with E-state index < -0.39 is 0 Å². The van der Waals surface area contributed by atoms with E-state index in [0.717, 1.165) is 35.8 Å². The average Bonchev–Trinajstić information content (AvgIpc) is 3.04. The van der Waals surface area contributed by atoms with Gasteiger partial charge in [-0.2, -0.15) is 0 Å². The maximum atomic E-state index is 5.53. The maximum Gasteiger partial charge on any atom is 0.0639 e. The highest BCUT2D eigenvalue weighted by molar-refractivity contribution is 9.10. The first-order valence-corrected chi connectivity index (χ1v) is 6.21. The number of benzene rings is 1. The lowest BCUT2D eigenvalue weighted by molar-refractivity contribution is 0.134. The molecule has 0 atom stereocenters. The fourth-order valence-corrected chi connectivity index (χ4v) is 1.63. The molecule has 3 heteroatoms. The Morgan fingerprint density at radius 3 is 2.67 bits per heavy atom. The molecule has 15 heavy (non-hydrogen) atoms. The summed E-state index contributed by atoms with van der Waals surface area (Å²) in [5.41, 5.74) is 1.15. The molecule has 1 fully saturated rings. The van der Waals surface area contributed by atoms with Crippen molar-refractivity contribution in [3.05, 3.63) is 28.7 Å². The van der Waals surface area contributed by atoms with E-state index in [1.165, 1.54) is 12.8 Å². The van der Waals surface area contributed by atoms with Crippen LogP contribution in [0.5, 0.6) is 0 Å². The van der Waals surface area contributed by atoms with Gasteiger partial charge < -0.3 is 10.1 Å². The fraction of sp³-hybridized carbons (Fsp3) is 0.500. The van der Waals surface area contributed by atoms with E-state index in [1.807, 2.05) is 12.1 Å². The Kier molecular flexibility index (Phi) is 4.03. The van der Waals surface area contributed by atoms with Crippen LogP contribution in [0.25, 0.3) is 0 Å². The quantitative estimate of drug-likeness (QED) is 0.801. The molecule has 0 radical (unpaired) electrons. The molecule has 0 saturated heterocycles. The lowest BCUT2D eigenvalue weighted by Gasteiger charge is -2.06. The fourth-order valence-electron chi connectivity index (χ4n) is 1.37. The first kappa shape index (κ1) is 11.0. The summed E-state index contributed by atoms with van der Waals surface area (Å²) in [6.07, 6.45) is 2.72. The van der Waals surface area contributed by atoms with Crippen LogP contribution in [0.4, 0.5) is 5.69 Å². The molecule has 1 aliphatic carbocycles. The summed E-state index contributed by atoms with van der Waals surface area (Å²) in [6, 6.07) is 8.19. The molecule has 0 aromatic heterocycles. The van der Waals surface area contributed by atoms with E-state index in [2.05, 4.69) is 33.4 Å². The van der Waals surface area contributed by atoms with Gasteiger partial charge in [0.05, 0.1) is 6.61 Å². The second-order valence-corrected chi connectivity index (χ2v) is 4.87. The summed E-state index contributed by atoms with van der Waals surface area (Å²) in [4.78, 5) is 0. The standard InChI is InChI=1S/C12H16BrNO/c13-11-3-5-12(6-4-11)14-7-8-15-9-10-1-2-10/h3-6,10,14H,1-2,7-9H2. The average molecular weight is 270 g/mol. The van der Waals surface area contributed by atoms with Gasteiger partial charge in [0, 0.05) is 23.3 Å². The molecule has 0 amide bonds. The zero-order valence-electron chi connectivity index (χ0n) is 8.71. The highest BCUT2D eigenvalue weighted by atomic mass is 79.9. The molecule has 2 rings (SSSR count). The number of rotatable bonds is 6. The molecule has 82 valence electrons. The van der Waals surface area contributed by atoms with E-state index in [4.69, 9.17) is 4.74 Å². The zero-order valence-corrected chi connectivity index (χ0v) is 10.3. The van der Waals surface area contributed by atoms with Crippen LogP contribution in [0.3, 0.4) is 0 Å². The minimum atomic E-state index is 0.798. The van der Waals surface area contributed by atoms with Gasteiger partial charge in [-0.05, 0) is 43.0 Å². The van der Waals surface area contributed by atoms with Crippen molar-refractivity contribution < 1.29 is 4.74 Å². The Balaban J connectivity index is 1.58. The number of halogens is 1. The van der Waals surface area contributed by atoms with Crippen LogP contribution in [-0.4, -0.2) is 19.8 Å². The summed E-state index contributed by atoms with van der Waals surface area (Å²) in [5, 5.41) is 3.32. The predicted molar refractivity (Wildman–Crippen MR) is 66.2 cm³/mol. The molecule has 1 N–H and O–H groups in total. The van der Waals surface area contributed by atoms with Crippen LogP contribution >= 0.6 is 15.9 Å². The predicted octanol–water partition coefficient (Wildman–Crippen LogP) is 3.29. The van der Waals surface area contributed by atoms with Crippen molar-refractivity contribution in [3.63, 3.8) is 0 Å². The van der Waals surface area contributed by atoms with Crippen LogP contribution < -0.4 is 5.32 Å². The van der Waals surface area contributed by atoms with E-state index in [9.17, 15) is 0 Å². The van der Waals surface area contributed by atoms with Crippen molar-refractivity contribution in [2.75, 3.05) is 25.1 Å². The second kappa shape index (κ2) is 5.52. The van der Waals surface area contributed by atoms with E-state index >= 15 is 0 Å². The second-order valence-electron chi connectivity index (χ2n) is 3.95. The van der Waals surface area contributed by atoms with Crippen LogP contribution in [0, 0.1) is 5.92 Å². The first-order valence-electron chi connectivity index (χ1n) is 5.42. The van der Waals surface area contributed by atoms with Crippen molar-refractivity contribution in [3.8, 4) is 0 Å². The van der Waals surface area contributed by atoms with Crippen molar-refractivity contribution in [1.82, 2.24) is 0 Å². The molecule has 0 spiro atoms. The summed E-state index contributed by atoms with van der Waals surface area (Å²) in [6.45, 7) is 2.63. The SMILES string of the molecule is Brc1ccc(NCCOCC2CC2)cc1. The Bertz CT molecular complexity index is 295. The van der Waals surface area contributed by atoms with Crippen molar-refractivity contribution in [2.45, 2.75) is 12.8 Å². The van der Waals surface area contributed by atoms with Gasteiger partial charge >= 0.3 is 0 Å². The molecule has 0 aliphatic heterocycles. The van der Waals surface area contributed by atoms with Gasteiger partial charge in [0.25, 0.3) is 0 Å². The summed E-state index contributed by atoms with van der Waals surface area (Å²) < 4.78 is 6.64. The van der Waals surface area contributed by atoms with E-state index in [0.29, 0.717) is 0 Å². The molecule has 1 saturated carbocycles. The van der Waals surface area contributed by atoms with Crippen LogP contribution in [0.1, 0.15) is 12.8 Å². The van der Waals surface area contributed by atoms with Gasteiger partial charge in [-0.15, -0.1) is 0 Å². The minimum absolute atomic E-state index is 0.798. The number of hydrogen-bond donors (Lipinski definition) is 1. The number of anilines is 1. The van der Waals surface area contributed by atoms with Crippen LogP contribution in [-0.2, 0) is 4.74 Å². The molecule has 0 heterocycles. The molecular formula is C12H16BrNO. The highest BCUT2D eigenvalue weighted by Gasteiger charge is 2.20. The van der Waals surface area contributed by atoms with Crippen molar-refractivity contribution >= 4 is 21.6 Å². The monoisotopic (exact) mass is 269 g/mol. The van der Waals surface area contributed by atoms with Gasteiger partial charge in [-0.3, -0.25) is 0 Å². The first-order chi connectivity index (χ1) is 7.34. The normalized spacial score (nSPS) is 15.3. The van der Waals surface area contributed by atoms with Crippen molar-refractivity contribution in [2.24, 2.45) is 5.92 Å². The topological polar surface area (TPSA) is 21.3 Å². The molecule has 0 unspecified atom stereocenters. The van der Waals surface area contributed by atoms with Gasteiger partial charge in [0.15, 0.2) is 0 Å². The van der Waals surface area contributed by atoms with Gasteiger partial charge in [0.1, 0.15) is 0 Å². The Morgan fingerprint density at radius 1 is 1.27 bits per heavy atom. The Labute approximate surface area is 99.1 Å². The van der Waals surface area contributed by atoms with Crippen LogP contribution in [0.2, 0.25) is 0 Å². The molecule has 1 aliphatic rings. The molecule has 0 bridgehead atoms. The Morgan fingerprint density at radius 2 is 2.00 bits per heavy atom. The van der Waals surface area contributed by atoms with E-state index in [1.54, 1.807) is 0 Å². The highest BCUT2D eigenvalue weighted by Crippen LogP contribution is 2.28. The van der Waals surface area contributed by atoms with Crippen LogP contribution in [0.15, 0.2) is 28.7 Å². The molecule has 2 nitrogen and oxygen atoms in total. The molecular weight excluding hydrogens is 254 g/mol. The number of nitrogens with one attached hydrogen (secondary N) is 1. The maximum absolute atomic E-state index is 5.53. The largest absolute Gasteiger partial charge is 0.383 e. The molecule has 1 aromatic carbocycles. The van der Waals surface area contributed by atoms with Crippen molar-refractivity contribution in [1.29, 1.82) is 0 Å². The summed E-state index contributed by atoms with van der Waals surface area (Å²) in [7, 11) is 0. The van der Waals surface area contributed by atoms with Gasteiger partial charge in [-0.25, -0.2) is 0 Å².